The molecule has 0 radical (unpaired) electrons. The number of rotatable bonds is 5. The summed E-state index contributed by atoms with van der Waals surface area (Å²) in [5.74, 6) is -1.14. The van der Waals surface area contributed by atoms with Crippen LogP contribution in [0.3, 0.4) is 0 Å². The van der Waals surface area contributed by atoms with E-state index in [9.17, 15) is 13.2 Å². The van der Waals surface area contributed by atoms with E-state index in [1.54, 1.807) is 4.68 Å². The lowest BCUT2D eigenvalue weighted by molar-refractivity contribution is 0.0689. The second-order valence-corrected chi connectivity index (χ2v) is 7.77. The summed E-state index contributed by atoms with van der Waals surface area (Å²) < 4.78 is 25.0. The minimum atomic E-state index is -3.10. The maximum atomic E-state index is 11.7. The number of aromatic carboxylic acids is 1. The molecule has 3 N–H and O–H groups in total. The normalized spacial score (nSPS) is 23.1. The van der Waals surface area contributed by atoms with Gasteiger partial charge in [-0.2, -0.15) is 0 Å². The number of carboxylic acid groups (broad SMARTS) is 1. The standard InChI is InChI=1S/C12H20N4O4S/c1-21(19,20)9-4-2-3-8(7-9)16-10(5-6-13)11(12(17)18)14-15-16/h8-9H,2-7,13H2,1H3,(H,17,18). The second-order valence-electron chi connectivity index (χ2n) is 5.45. The van der Waals surface area contributed by atoms with Crippen LogP contribution in [0.15, 0.2) is 0 Å². The van der Waals surface area contributed by atoms with E-state index in [4.69, 9.17) is 10.8 Å². The molecule has 1 aliphatic rings. The molecule has 0 spiro atoms. The highest BCUT2D eigenvalue weighted by Gasteiger charge is 2.32. The van der Waals surface area contributed by atoms with E-state index < -0.39 is 21.1 Å². The van der Waals surface area contributed by atoms with Crippen molar-refractivity contribution in [1.29, 1.82) is 0 Å². The summed E-state index contributed by atoms with van der Waals surface area (Å²) in [7, 11) is -3.10. The van der Waals surface area contributed by atoms with E-state index in [1.165, 1.54) is 6.26 Å². The monoisotopic (exact) mass is 316 g/mol. The second kappa shape index (κ2) is 6.10. The number of nitrogens with zero attached hydrogens (tertiary/aromatic N) is 3. The molecule has 21 heavy (non-hydrogen) atoms. The Morgan fingerprint density at radius 1 is 1.48 bits per heavy atom. The van der Waals surface area contributed by atoms with Gasteiger partial charge in [-0.1, -0.05) is 11.6 Å². The molecule has 0 bridgehead atoms. The lowest BCUT2D eigenvalue weighted by atomic mass is 9.94. The molecular formula is C12H20N4O4S. The first-order valence-corrected chi connectivity index (χ1v) is 8.86. The van der Waals surface area contributed by atoms with Crippen molar-refractivity contribution in [1.82, 2.24) is 15.0 Å². The topological polar surface area (TPSA) is 128 Å². The third-order valence-electron chi connectivity index (χ3n) is 3.92. The molecule has 1 aliphatic carbocycles. The number of hydrogen-bond donors (Lipinski definition) is 2. The number of carboxylic acids is 1. The van der Waals surface area contributed by atoms with Crippen molar-refractivity contribution in [2.45, 2.75) is 43.4 Å². The summed E-state index contributed by atoms with van der Waals surface area (Å²) in [6, 6.07) is -0.138. The van der Waals surface area contributed by atoms with Crippen molar-refractivity contribution in [2.24, 2.45) is 5.73 Å². The Hall–Kier alpha value is -1.48. The van der Waals surface area contributed by atoms with Gasteiger partial charge in [0.25, 0.3) is 0 Å². The molecule has 1 aromatic heterocycles. The largest absolute Gasteiger partial charge is 0.476 e. The number of hydrogen-bond acceptors (Lipinski definition) is 6. The van der Waals surface area contributed by atoms with Crippen molar-refractivity contribution in [3.63, 3.8) is 0 Å². The zero-order valence-electron chi connectivity index (χ0n) is 11.9. The van der Waals surface area contributed by atoms with Gasteiger partial charge in [-0.25, -0.2) is 17.9 Å². The van der Waals surface area contributed by atoms with Gasteiger partial charge in [0.2, 0.25) is 0 Å². The van der Waals surface area contributed by atoms with Gasteiger partial charge in [0.05, 0.1) is 17.0 Å². The van der Waals surface area contributed by atoms with E-state index in [0.29, 0.717) is 25.0 Å². The lowest BCUT2D eigenvalue weighted by Crippen LogP contribution is -2.30. The van der Waals surface area contributed by atoms with Gasteiger partial charge < -0.3 is 10.8 Å². The summed E-state index contributed by atoms with van der Waals surface area (Å²) in [5.41, 5.74) is 5.91. The molecule has 1 fully saturated rings. The lowest BCUT2D eigenvalue weighted by Gasteiger charge is -2.28. The molecule has 2 unspecified atom stereocenters. The van der Waals surface area contributed by atoms with Crippen LogP contribution in [0.5, 0.6) is 0 Å². The fourth-order valence-electron chi connectivity index (χ4n) is 2.87. The molecule has 118 valence electrons. The Morgan fingerprint density at radius 2 is 2.19 bits per heavy atom. The Labute approximate surface area is 123 Å². The molecule has 2 atom stereocenters. The number of nitrogens with two attached hydrogens (primary N) is 1. The number of aromatic nitrogens is 3. The minimum absolute atomic E-state index is 0.0954. The van der Waals surface area contributed by atoms with Crippen LogP contribution in [0.25, 0.3) is 0 Å². The highest BCUT2D eigenvalue weighted by Crippen LogP contribution is 2.32. The summed E-state index contributed by atoms with van der Waals surface area (Å²) in [4.78, 5) is 11.2. The summed E-state index contributed by atoms with van der Waals surface area (Å²) in [5, 5.41) is 16.4. The Bertz CT molecular complexity index is 625. The van der Waals surface area contributed by atoms with Crippen molar-refractivity contribution >= 4 is 15.8 Å². The first kappa shape index (κ1) is 15.9. The summed E-state index contributed by atoms with van der Waals surface area (Å²) in [6.07, 6.45) is 4.22. The van der Waals surface area contributed by atoms with Crippen LogP contribution in [-0.2, 0) is 16.3 Å². The van der Waals surface area contributed by atoms with Crippen molar-refractivity contribution in [3.05, 3.63) is 11.4 Å². The zero-order valence-corrected chi connectivity index (χ0v) is 12.7. The Kier molecular flexibility index (Phi) is 4.62. The molecule has 0 amide bonds. The van der Waals surface area contributed by atoms with E-state index in [0.717, 1.165) is 12.8 Å². The van der Waals surface area contributed by atoms with E-state index in [2.05, 4.69) is 10.3 Å². The molecule has 9 heteroatoms. The molecule has 0 saturated heterocycles. The first-order valence-electron chi connectivity index (χ1n) is 6.91. The van der Waals surface area contributed by atoms with E-state index in [-0.39, 0.29) is 18.3 Å². The van der Waals surface area contributed by atoms with Gasteiger partial charge in [0, 0.05) is 12.7 Å². The molecule has 1 saturated carbocycles. The van der Waals surface area contributed by atoms with Crippen LogP contribution in [0.1, 0.15) is 47.9 Å². The molecular weight excluding hydrogens is 296 g/mol. The van der Waals surface area contributed by atoms with Crippen LogP contribution < -0.4 is 5.73 Å². The van der Waals surface area contributed by atoms with Gasteiger partial charge in [0.15, 0.2) is 5.69 Å². The van der Waals surface area contributed by atoms with Gasteiger partial charge in [-0.3, -0.25) is 0 Å². The van der Waals surface area contributed by atoms with Crippen molar-refractivity contribution < 1.29 is 18.3 Å². The zero-order chi connectivity index (χ0) is 15.6. The average Bonchev–Trinajstić information content (AvgIpc) is 2.82. The van der Waals surface area contributed by atoms with Crippen LogP contribution >= 0.6 is 0 Å². The quantitative estimate of drug-likeness (QED) is 0.782. The van der Waals surface area contributed by atoms with E-state index in [1.807, 2.05) is 0 Å². The average molecular weight is 316 g/mol. The maximum absolute atomic E-state index is 11.7. The fourth-order valence-corrected chi connectivity index (χ4v) is 4.04. The van der Waals surface area contributed by atoms with Crippen LogP contribution in [0.2, 0.25) is 0 Å². The summed E-state index contributed by atoms with van der Waals surface area (Å²) in [6.45, 7) is 0.288. The third kappa shape index (κ3) is 3.41. The summed E-state index contributed by atoms with van der Waals surface area (Å²) >= 11 is 0. The minimum Gasteiger partial charge on any atom is -0.476 e. The number of sulfone groups is 1. The van der Waals surface area contributed by atoms with Crippen LogP contribution in [-0.4, -0.2) is 52.5 Å². The Morgan fingerprint density at radius 3 is 2.76 bits per heavy atom. The third-order valence-corrected chi connectivity index (χ3v) is 5.56. The SMILES string of the molecule is CS(=O)(=O)C1CCCC(n2nnc(C(=O)O)c2CCN)C1. The van der Waals surface area contributed by atoms with Gasteiger partial charge in [-0.05, 0) is 25.8 Å². The predicted molar refractivity (Wildman–Crippen MR) is 75.9 cm³/mol. The Balaban J connectivity index is 2.31. The highest BCUT2D eigenvalue weighted by atomic mass is 32.2. The van der Waals surface area contributed by atoms with Crippen molar-refractivity contribution in [2.75, 3.05) is 12.8 Å². The van der Waals surface area contributed by atoms with Gasteiger partial charge >= 0.3 is 5.97 Å². The van der Waals surface area contributed by atoms with E-state index >= 15 is 0 Å². The molecule has 0 aliphatic heterocycles. The maximum Gasteiger partial charge on any atom is 0.358 e. The molecule has 2 rings (SSSR count). The molecule has 0 aromatic carbocycles. The molecule has 8 nitrogen and oxygen atoms in total. The van der Waals surface area contributed by atoms with Gasteiger partial charge in [-0.15, -0.1) is 5.10 Å². The van der Waals surface area contributed by atoms with Gasteiger partial charge in [0.1, 0.15) is 9.84 Å². The van der Waals surface area contributed by atoms with Crippen LogP contribution in [0, 0.1) is 0 Å². The smallest absolute Gasteiger partial charge is 0.358 e. The van der Waals surface area contributed by atoms with Crippen molar-refractivity contribution in [3.8, 4) is 0 Å². The molecule has 1 aromatic rings. The number of carbonyl (C=O) groups is 1. The fraction of sp³-hybridized carbons (Fsp3) is 0.750. The molecule has 1 heterocycles. The predicted octanol–water partition coefficient (Wildman–Crippen LogP) is 0.00580. The highest BCUT2D eigenvalue weighted by molar-refractivity contribution is 7.91. The van der Waals surface area contributed by atoms with Crippen LogP contribution in [0.4, 0.5) is 0 Å². The first-order chi connectivity index (χ1) is 9.84.